The molecular weight excluding hydrogens is 375 g/mol. The maximum atomic E-state index is 12.8. The minimum atomic E-state index is -7.36. The first-order chi connectivity index (χ1) is 9.77. The van der Waals surface area contributed by atoms with E-state index in [0.717, 1.165) is 0 Å². The summed E-state index contributed by atoms with van der Waals surface area (Å²) in [6.45, 7) is 2.24. The molecule has 0 aliphatic rings. The second kappa shape index (κ2) is 5.59. The molecule has 0 aliphatic carbocycles. The number of hydrogen-bond acceptors (Lipinski definition) is 2. The summed E-state index contributed by atoms with van der Waals surface area (Å²) in [5, 5.41) is 0. The van der Waals surface area contributed by atoms with E-state index in [-0.39, 0.29) is 0 Å². The van der Waals surface area contributed by atoms with E-state index in [0.29, 0.717) is 0 Å². The molecule has 0 fully saturated rings. The Bertz CT molecular complexity index is 420. The Hall–Kier alpha value is -1.41. The molecule has 0 saturated carbocycles. The maximum Gasteiger partial charge on any atom is 0.473 e. The van der Waals surface area contributed by atoms with Crippen molar-refractivity contribution in [1.29, 1.82) is 0 Å². The summed E-state index contributed by atoms with van der Waals surface area (Å²) < 4.78 is 165. The first-order valence-electron chi connectivity index (χ1n) is 4.71. The van der Waals surface area contributed by atoms with Crippen LogP contribution in [0.5, 0.6) is 0 Å². The van der Waals surface area contributed by atoms with Crippen molar-refractivity contribution >= 4 is 0 Å². The lowest BCUT2D eigenvalue weighted by atomic mass is 10.2. The predicted molar refractivity (Wildman–Crippen MR) is 43.2 cm³/mol. The molecule has 2 nitrogen and oxygen atoms in total. The summed E-state index contributed by atoms with van der Waals surface area (Å²) in [5.41, 5.74) is 0. The topological polar surface area (TPSA) is 18.5 Å². The Kier molecular flexibility index (Phi) is 5.25. The zero-order chi connectivity index (χ0) is 19.1. The van der Waals surface area contributed by atoms with Gasteiger partial charge >= 0.3 is 36.3 Å². The molecule has 0 spiro atoms. The third-order valence-electron chi connectivity index (χ3n) is 1.96. The van der Waals surface area contributed by atoms with E-state index in [9.17, 15) is 57.1 Å². The average Bonchev–Trinajstić information content (AvgIpc) is 2.24. The van der Waals surface area contributed by atoms with E-state index in [1.54, 1.807) is 0 Å². The smallest absolute Gasteiger partial charge is 0.436 e. The standard InChI is InChI=1S/C8H3F13O2/c1-2-22-7(18,19)3(9,10)8(20,21)23-4(11,5(12,13)14)6(15,16)17/h2H,1H2. The van der Waals surface area contributed by atoms with E-state index in [4.69, 9.17) is 0 Å². The number of rotatable bonds is 6. The van der Waals surface area contributed by atoms with Crippen LogP contribution in [0.4, 0.5) is 57.1 Å². The zero-order valence-electron chi connectivity index (χ0n) is 10.0. The first kappa shape index (κ1) is 21.6. The highest BCUT2D eigenvalue weighted by atomic mass is 19.4. The lowest BCUT2D eigenvalue weighted by Gasteiger charge is -2.36. The van der Waals surface area contributed by atoms with Crippen molar-refractivity contribution in [3.63, 3.8) is 0 Å². The molecule has 0 amide bonds. The fourth-order valence-electron chi connectivity index (χ4n) is 0.865. The summed E-state index contributed by atoms with van der Waals surface area (Å²) in [6.07, 6.45) is -28.9. The molecule has 0 aromatic heterocycles. The molecule has 138 valence electrons. The van der Waals surface area contributed by atoms with E-state index >= 15 is 0 Å². The van der Waals surface area contributed by atoms with E-state index in [1.807, 2.05) is 0 Å². The summed E-state index contributed by atoms with van der Waals surface area (Å²) in [4.78, 5) is 0. The van der Waals surface area contributed by atoms with Gasteiger partial charge in [-0.15, -0.1) is 0 Å². The van der Waals surface area contributed by atoms with Crippen molar-refractivity contribution in [1.82, 2.24) is 0 Å². The van der Waals surface area contributed by atoms with Crippen molar-refractivity contribution in [3.8, 4) is 0 Å². The van der Waals surface area contributed by atoms with Crippen LogP contribution in [0.25, 0.3) is 0 Å². The van der Waals surface area contributed by atoms with Gasteiger partial charge in [0.1, 0.15) is 0 Å². The molecule has 0 heterocycles. The highest BCUT2D eigenvalue weighted by Gasteiger charge is 2.83. The van der Waals surface area contributed by atoms with Gasteiger partial charge in [-0.1, -0.05) is 6.58 Å². The minimum Gasteiger partial charge on any atom is -0.436 e. The van der Waals surface area contributed by atoms with Crippen LogP contribution in [0.2, 0.25) is 0 Å². The van der Waals surface area contributed by atoms with Crippen LogP contribution >= 0.6 is 0 Å². The SMILES string of the molecule is C=COC(F)(F)C(F)(F)C(F)(F)OC(F)(C(F)(F)F)C(F)(F)F. The van der Waals surface area contributed by atoms with Gasteiger partial charge in [0, 0.05) is 0 Å². The third-order valence-corrected chi connectivity index (χ3v) is 1.96. The summed E-state index contributed by atoms with van der Waals surface area (Å²) in [6, 6.07) is 0. The predicted octanol–water partition coefficient (Wildman–Crippen LogP) is 4.77. The third kappa shape index (κ3) is 3.58. The van der Waals surface area contributed by atoms with Crippen molar-refractivity contribution in [2.45, 2.75) is 36.3 Å². The molecule has 0 radical (unpaired) electrons. The Morgan fingerprint density at radius 1 is 0.609 bits per heavy atom. The van der Waals surface area contributed by atoms with Crippen molar-refractivity contribution < 1.29 is 66.5 Å². The molecule has 0 aliphatic heterocycles. The number of alkyl halides is 13. The van der Waals surface area contributed by atoms with E-state index in [1.165, 1.54) is 4.74 Å². The van der Waals surface area contributed by atoms with E-state index in [2.05, 4.69) is 11.3 Å². The van der Waals surface area contributed by atoms with Gasteiger partial charge < -0.3 is 4.74 Å². The van der Waals surface area contributed by atoms with Gasteiger partial charge in [0.05, 0.1) is 6.26 Å². The number of halogens is 13. The summed E-state index contributed by atoms with van der Waals surface area (Å²) in [5.74, 6) is -14.5. The lowest BCUT2D eigenvalue weighted by molar-refractivity contribution is -0.525. The summed E-state index contributed by atoms with van der Waals surface area (Å²) in [7, 11) is 0. The maximum absolute atomic E-state index is 12.8. The zero-order valence-corrected chi connectivity index (χ0v) is 10.0. The van der Waals surface area contributed by atoms with Crippen LogP contribution in [0.1, 0.15) is 0 Å². The van der Waals surface area contributed by atoms with Crippen molar-refractivity contribution in [2.24, 2.45) is 0 Å². The minimum absolute atomic E-state index is 0.569. The monoisotopic (exact) mass is 378 g/mol. The molecule has 0 rings (SSSR count). The highest BCUT2D eigenvalue weighted by Crippen LogP contribution is 2.54. The molecule has 0 N–H and O–H groups in total. The Morgan fingerprint density at radius 3 is 1.22 bits per heavy atom. The number of hydrogen-bond donors (Lipinski definition) is 0. The second-order valence-corrected chi connectivity index (χ2v) is 3.59. The Labute approximate surface area is 117 Å². The molecule has 0 atom stereocenters. The van der Waals surface area contributed by atoms with Crippen LogP contribution in [0.3, 0.4) is 0 Å². The van der Waals surface area contributed by atoms with Crippen LogP contribution in [-0.4, -0.2) is 36.3 Å². The fraction of sp³-hybridized carbons (Fsp3) is 0.750. The molecule has 0 saturated heterocycles. The molecular formula is C8H3F13O2. The van der Waals surface area contributed by atoms with E-state index < -0.39 is 42.6 Å². The van der Waals surface area contributed by atoms with Crippen LogP contribution in [0.15, 0.2) is 12.8 Å². The van der Waals surface area contributed by atoms with Gasteiger partial charge in [0.2, 0.25) is 0 Å². The second-order valence-electron chi connectivity index (χ2n) is 3.59. The van der Waals surface area contributed by atoms with Gasteiger partial charge in [-0.2, -0.15) is 57.1 Å². The van der Waals surface area contributed by atoms with Crippen LogP contribution in [0, 0.1) is 0 Å². The van der Waals surface area contributed by atoms with Gasteiger partial charge in [0.15, 0.2) is 0 Å². The van der Waals surface area contributed by atoms with Gasteiger partial charge in [0.25, 0.3) is 0 Å². The number of ether oxygens (including phenoxy) is 2. The van der Waals surface area contributed by atoms with Crippen molar-refractivity contribution in [3.05, 3.63) is 12.8 Å². The normalized spacial score (nSPS) is 15.5. The summed E-state index contributed by atoms with van der Waals surface area (Å²) >= 11 is 0. The first-order valence-corrected chi connectivity index (χ1v) is 4.71. The van der Waals surface area contributed by atoms with Gasteiger partial charge in [-0.3, -0.25) is 4.74 Å². The van der Waals surface area contributed by atoms with Crippen LogP contribution < -0.4 is 0 Å². The molecule has 15 heteroatoms. The highest BCUT2D eigenvalue weighted by molar-refractivity contribution is 4.93. The average molecular weight is 378 g/mol. The Morgan fingerprint density at radius 2 is 0.957 bits per heavy atom. The molecule has 0 unspecified atom stereocenters. The van der Waals surface area contributed by atoms with Gasteiger partial charge in [-0.05, 0) is 0 Å². The fourth-order valence-corrected chi connectivity index (χ4v) is 0.865. The van der Waals surface area contributed by atoms with Gasteiger partial charge in [-0.25, -0.2) is 0 Å². The Balaban J connectivity index is 5.98. The van der Waals surface area contributed by atoms with Crippen LogP contribution in [-0.2, 0) is 9.47 Å². The molecule has 0 aromatic rings. The molecule has 23 heavy (non-hydrogen) atoms. The molecule has 0 bridgehead atoms. The largest absolute Gasteiger partial charge is 0.473 e. The quantitative estimate of drug-likeness (QED) is 0.490. The lowest BCUT2D eigenvalue weighted by Crippen LogP contribution is -2.64. The molecule has 0 aromatic carbocycles. The van der Waals surface area contributed by atoms with Crippen molar-refractivity contribution in [2.75, 3.05) is 0 Å².